The highest BCUT2D eigenvalue weighted by Gasteiger charge is 2.18. The van der Waals surface area contributed by atoms with Crippen LogP contribution in [-0.2, 0) is 11.2 Å². The van der Waals surface area contributed by atoms with Crippen molar-refractivity contribution >= 4 is 23.3 Å². The summed E-state index contributed by atoms with van der Waals surface area (Å²) in [6.45, 7) is 3.92. The van der Waals surface area contributed by atoms with Crippen LogP contribution in [0.2, 0.25) is 0 Å². The van der Waals surface area contributed by atoms with Gasteiger partial charge in [-0.2, -0.15) is 0 Å². The first-order valence-corrected chi connectivity index (χ1v) is 7.28. The van der Waals surface area contributed by atoms with Crippen LogP contribution in [0.3, 0.4) is 0 Å². The van der Waals surface area contributed by atoms with E-state index in [4.69, 9.17) is 9.84 Å². The van der Waals surface area contributed by atoms with Crippen molar-refractivity contribution in [2.45, 2.75) is 20.3 Å². The lowest BCUT2D eigenvalue weighted by atomic mass is 10.1. The van der Waals surface area contributed by atoms with Gasteiger partial charge >= 0.3 is 11.9 Å². The third-order valence-corrected chi connectivity index (χ3v) is 3.83. The smallest absolute Gasteiger partial charge is 0.350 e. The van der Waals surface area contributed by atoms with Gasteiger partial charge in [0.15, 0.2) is 0 Å². The van der Waals surface area contributed by atoms with Gasteiger partial charge in [0, 0.05) is 6.42 Å². The van der Waals surface area contributed by atoms with E-state index in [1.807, 2.05) is 6.92 Å². The van der Waals surface area contributed by atoms with Crippen molar-refractivity contribution in [3.05, 3.63) is 51.0 Å². The lowest BCUT2D eigenvalue weighted by Crippen LogP contribution is -2.06. The molecule has 1 aromatic carbocycles. The Kier molecular flexibility index (Phi) is 4.70. The molecule has 21 heavy (non-hydrogen) atoms. The number of hydrogen-bond donors (Lipinski definition) is 1. The fraction of sp³-hybridized carbons (Fsp3) is 0.267. The van der Waals surface area contributed by atoms with Crippen molar-refractivity contribution in [2.75, 3.05) is 6.61 Å². The van der Waals surface area contributed by atoms with Crippen molar-refractivity contribution < 1.29 is 19.4 Å². The third kappa shape index (κ3) is 3.66. The number of carbonyl (C=O) groups excluding carboxylic acids is 1. The summed E-state index contributed by atoms with van der Waals surface area (Å²) in [6, 6.07) is 6.54. The Morgan fingerprint density at radius 1 is 1.29 bits per heavy atom. The summed E-state index contributed by atoms with van der Waals surface area (Å²) in [5, 5.41) is 9.67. The van der Waals surface area contributed by atoms with Crippen LogP contribution in [0, 0.1) is 6.92 Å². The van der Waals surface area contributed by atoms with E-state index in [-0.39, 0.29) is 11.5 Å². The highest BCUT2D eigenvalue weighted by Crippen LogP contribution is 2.22. The molecule has 0 aliphatic carbocycles. The average molecular weight is 305 g/mol. The van der Waals surface area contributed by atoms with E-state index in [2.05, 4.69) is 4.98 Å². The molecule has 0 amide bonds. The zero-order valence-electron chi connectivity index (χ0n) is 11.8. The van der Waals surface area contributed by atoms with Gasteiger partial charge in [-0.3, -0.25) is 0 Å². The Labute approximate surface area is 126 Å². The molecule has 5 nitrogen and oxygen atoms in total. The number of hydrogen-bond acceptors (Lipinski definition) is 5. The van der Waals surface area contributed by atoms with E-state index in [0.717, 1.165) is 10.6 Å². The number of carboxylic acids is 1. The Morgan fingerprint density at radius 3 is 2.52 bits per heavy atom. The second-order valence-electron chi connectivity index (χ2n) is 4.41. The minimum atomic E-state index is -0.960. The molecule has 0 bridgehead atoms. The van der Waals surface area contributed by atoms with E-state index in [0.29, 0.717) is 23.6 Å². The molecule has 0 aliphatic heterocycles. The van der Waals surface area contributed by atoms with Crippen molar-refractivity contribution in [2.24, 2.45) is 0 Å². The molecule has 2 rings (SSSR count). The van der Waals surface area contributed by atoms with E-state index in [1.165, 1.54) is 11.3 Å². The van der Waals surface area contributed by atoms with Crippen LogP contribution in [0.25, 0.3) is 0 Å². The van der Waals surface area contributed by atoms with Crippen LogP contribution in [0.4, 0.5) is 0 Å². The van der Waals surface area contributed by atoms with Crippen LogP contribution in [0.5, 0.6) is 0 Å². The van der Waals surface area contributed by atoms with Gasteiger partial charge in [-0.25, -0.2) is 14.6 Å². The molecule has 0 radical (unpaired) electrons. The zero-order valence-corrected chi connectivity index (χ0v) is 12.6. The average Bonchev–Trinajstić information content (AvgIpc) is 2.80. The van der Waals surface area contributed by atoms with Crippen molar-refractivity contribution in [1.29, 1.82) is 0 Å². The fourth-order valence-electron chi connectivity index (χ4n) is 1.90. The van der Waals surface area contributed by atoms with Gasteiger partial charge in [0.2, 0.25) is 0 Å². The minimum Gasteiger partial charge on any atom is -0.478 e. The first kappa shape index (κ1) is 15.2. The van der Waals surface area contributed by atoms with E-state index < -0.39 is 5.97 Å². The number of nitrogens with zero attached hydrogens (tertiary/aromatic N) is 1. The number of esters is 1. The summed E-state index contributed by atoms with van der Waals surface area (Å²) >= 11 is 1.31. The first-order valence-electron chi connectivity index (χ1n) is 6.47. The Balaban J connectivity index is 2.23. The monoisotopic (exact) mass is 305 g/mol. The number of rotatable bonds is 5. The van der Waals surface area contributed by atoms with Gasteiger partial charge in [0.25, 0.3) is 0 Å². The second-order valence-corrected chi connectivity index (χ2v) is 5.61. The summed E-state index contributed by atoms with van der Waals surface area (Å²) in [5.41, 5.74) is 1.80. The summed E-state index contributed by atoms with van der Waals surface area (Å²) in [6.07, 6.45) is 0.471. The summed E-state index contributed by atoms with van der Waals surface area (Å²) in [7, 11) is 0. The van der Waals surface area contributed by atoms with Crippen LogP contribution >= 0.6 is 11.3 Å². The largest absolute Gasteiger partial charge is 0.478 e. The Bertz CT molecular complexity index is 661. The predicted octanol–water partition coefficient (Wildman–Crippen LogP) is 2.92. The molecule has 6 heteroatoms. The lowest BCUT2D eigenvalue weighted by molar-refractivity contribution is 0.0530. The summed E-state index contributed by atoms with van der Waals surface area (Å²) in [4.78, 5) is 27.6. The molecule has 0 saturated heterocycles. The Morgan fingerprint density at radius 2 is 1.95 bits per heavy atom. The molecule has 110 valence electrons. The molecule has 0 saturated carbocycles. The molecule has 0 aliphatic rings. The highest BCUT2D eigenvalue weighted by molar-refractivity contribution is 7.13. The molecule has 2 aromatic rings. The number of carboxylic acid groups (broad SMARTS) is 1. The van der Waals surface area contributed by atoms with Crippen molar-refractivity contribution in [3.8, 4) is 0 Å². The zero-order chi connectivity index (χ0) is 15.4. The van der Waals surface area contributed by atoms with E-state index in [9.17, 15) is 9.59 Å². The number of aromatic carboxylic acids is 1. The number of aryl methyl sites for hydroxylation is 1. The maximum atomic E-state index is 11.9. The molecule has 1 N–H and O–H groups in total. The number of aromatic nitrogens is 1. The molecular weight excluding hydrogens is 290 g/mol. The summed E-state index contributed by atoms with van der Waals surface area (Å²) in [5.74, 6) is -1.32. The molecule has 0 unspecified atom stereocenters. The molecular formula is C15H15NO4S. The van der Waals surface area contributed by atoms with E-state index in [1.54, 1.807) is 31.2 Å². The summed E-state index contributed by atoms with van der Waals surface area (Å²) < 4.78 is 5.02. The maximum absolute atomic E-state index is 11.9. The number of ether oxygens (including phenoxy) is 1. The van der Waals surface area contributed by atoms with Gasteiger partial charge < -0.3 is 9.84 Å². The predicted molar refractivity (Wildman–Crippen MR) is 79.0 cm³/mol. The Hall–Kier alpha value is -2.21. The molecule has 0 atom stereocenters. The van der Waals surface area contributed by atoms with Gasteiger partial charge in [0.05, 0.1) is 22.9 Å². The van der Waals surface area contributed by atoms with Gasteiger partial charge in [-0.15, -0.1) is 11.3 Å². The highest BCUT2D eigenvalue weighted by atomic mass is 32.1. The van der Waals surface area contributed by atoms with Crippen LogP contribution in [-0.4, -0.2) is 28.6 Å². The number of carbonyl (C=O) groups is 2. The SMILES string of the molecule is CCOC(=O)c1sc(C)nc1Cc1ccc(C(=O)O)cc1. The lowest BCUT2D eigenvalue weighted by Gasteiger charge is -2.03. The standard InChI is InChI=1S/C15H15NO4S/c1-3-20-15(19)13-12(16-9(2)21-13)8-10-4-6-11(7-5-10)14(17)18/h4-7H,3,8H2,1-2H3,(H,17,18). The minimum absolute atomic E-state index is 0.235. The van der Waals surface area contributed by atoms with Gasteiger partial charge in [0.1, 0.15) is 4.88 Å². The fourth-order valence-corrected chi connectivity index (χ4v) is 2.73. The molecule has 1 heterocycles. The third-order valence-electron chi connectivity index (χ3n) is 2.84. The first-order chi connectivity index (χ1) is 10.0. The quantitative estimate of drug-likeness (QED) is 0.859. The van der Waals surface area contributed by atoms with Crippen molar-refractivity contribution in [3.63, 3.8) is 0 Å². The maximum Gasteiger partial charge on any atom is 0.350 e. The van der Waals surface area contributed by atoms with Gasteiger partial charge in [-0.1, -0.05) is 12.1 Å². The normalized spacial score (nSPS) is 10.4. The topological polar surface area (TPSA) is 76.5 Å². The van der Waals surface area contributed by atoms with E-state index >= 15 is 0 Å². The molecule has 1 aromatic heterocycles. The van der Waals surface area contributed by atoms with Crippen molar-refractivity contribution in [1.82, 2.24) is 4.98 Å². The van der Waals surface area contributed by atoms with Gasteiger partial charge in [-0.05, 0) is 31.5 Å². The molecule has 0 fully saturated rings. The van der Waals surface area contributed by atoms with Crippen LogP contribution in [0.1, 0.15) is 43.2 Å². The second kappa shape index (κ2) is 6.49. The van der Waals surface area contributed by atoms with Crippen LogP contribution < -0.4 is 0 Å². The van der Waals surface area contributed by atoms with Crippen LogP contribution in [0.15, 0.2) is 24.3 Å². The number of thiazole rings is 1. The number of benzene rings is 1. The molecule has 0 spiro atoms.